The zero-order valence-electron chi connectivity index (χ0n) is 10.6. The third kappa shape index (κ3) is 2.52. The van der Waals surface area contributed by atoms with Crippen LogP contribution >= 0.6 is 0 Å². The number of nitrogens with one attached hydrogen (secondary N) is 1. The number of fused-ring (bicyclic) bond motifs is 1. The molecule has 4 nitrogen and oxygen atoms in total. The Hall–Kier alpha value is -2.49. The molecule has 0 bridgehead atoms. The van der Waals surface area contributed by atoms with E-state index in [1.165, 1.54) is 5.56 Å². The lowest BCUT2D eigenvalue weighted by Crippen LogP contribution is -2.07. The molecule has 1 unspecified atom stereocenters. The van der Waals surface area contributed by atoms with Gasteiger partial charge in [-0.3, -0.25) is 4.98 Å². The van der Waals surface area contributed by atoms with Crippen molar-refractivity contribution >= 4 is 17.0 Å². The first-order chi connectivity index (χ1) is 9.33. The molecule has 0 aliphatic heterocycles. The van der Waals surface area contributed by atoms with Crippen molar-refractivity contribution in [3.8, 4) is 0 Å². The topological polar surface area (TPSA) is 50.7 Å². The Balaban J connectivity index is 1.85. The first-order valence-electron chi connectivity index (χ1n) is 6.22. The summed E-state index contributed by atoms with van der Waals surface area (Å²) >= 11 is 0. The number of anilines is 1. The van der Waals surface area contributed by atoms with E-state index in [2.05, 4.69) is 39.3 Å². The Kier molecular flexibility index (Phi) is 3.06. The quantitative estimate of drug-likeness (QED) is 0.775. The molecule has 0 radical (unpaired) electrons. The minimum absolute atomic E-state index is 0.197. The van der Waals surface area contributed by atoms with Crippen molar-refractivity contribution in [2.45, 2.75) is 13.0 Å². The van der Waals surface area contributed by atoms with Gasteiger partial charge in [-0.15, -0.1) is 0 Å². The fraction of sp³-hybridized carbons (Fsp3) is 0.133. The standard InChI is InChI=1S/C15H14N4/c1-11(12-5-3-2-4-6-12)18-14-8-7-13-15(19-14)17-10-9-16-13/h2-11H,1H3,(H,17,18,19). The third-order valence-electron chi connectivity index (χ3n) is 3.00. The molecule has 1 N–H and O–H groups in total. The highest BCUT2D eigenvalue weighted by Gasteiger charge is 2.06. The normalized spacial score (nSPS) is 12.3. The van der Waals surface area contributed by atoms with E-state index in [9.17, 15) is 0 Å². The Labute approximate surface area is 111 Å². The number of hydrogen-bond donors (Lipinski definition) is 1. The Morgan fingerprint density at radius 1 is 0.947 bits per heavy atom. The van der Waals surface area contributed by atoms with E-state index in [1.807, 2.05) is 30.3 Å². The van der Waals surface area contributed by atoms with Crippen LogP contribution in [0.5, 0.6) is 0 Å². The summed E-state index contributed by atoms with van der Waals surface area (Å²) in [7, 11) is 0. The van der Waals surface area contributed by atoms with Gasteiger partial charge in [-0.05, 0) is 24.6 Å². The van der Waals surface area contributed by atoms with E-state index < -0.39 is 0 Å². The van der Waals surface area contributed by atoms with Gasteiger partial charge in [0.05, 0.1) is 0 Å². The first kappa shape index (κ1) is 11.6. The molecule has 0 amide bonds. The highest BCUT2D eigenvalue weighted by Crippen LogP contribution is 2.18. The van der Waals surface area contributed by atoms with E-state index in [1.54, 1.807) is 12.4 Å². The summed E-state index contributed by atoms with van der Waals surface area (Å²) in [6, 6.07) is 14.3. The largest absolute Gasteiger partial charge is 0.363 e. The van der Waals surface area contributed by atoms with Crippen molar-refractivity contribution in [1.82, 2.24) is 15.0 Å². The maximum atomic E-state index is 4.46. The van der Waals surface area contributed by atoms with Crippen LogP contribution in [0.4, 0.5) is 5.82 Å². The number of nitrogens with zero attached hydrogens (tertiary/aromatic N) is 3. The molecule has 0 spiro atoms. The summed E-state index contributed by atoms with van der Waals surface area (Å²) in [5.74, 6) is 0.810. The fourth-order valence-electron chi connectivity index (χ4n) is 1.98. The van der Waals surface area contributed by atoms with Crippen molar-refractivity contribution in [2.75, 3.05) is 5.32 Å². The van der Waals surface area contributed by atoms with E-state index >= 15 is 0 Å². The van der Waals surface area contributed by atoms with Crippen molar-refractivity contribution < 1.29 is 0 Å². The van der Waals surface area contributed by atoms with Crippen LogP contribution in [0, 0.1) is 0 Å². The SMILES string of the molecule is CC(Nc1ccc2nccnc2n1)c1ccccc1. The van der Waals surface area contributed by atoms with Gasteiger partial charge in [0, 0.05) is 18.4 Å². The van der Waals surface area contributed by atoms with Crippen molar-refractivity contribution in [3.63, 3.8) is 0 Å². The van der Waals surface area contributed by atoms with Crippen molar-refractivity contribution in [3.05, 3.63) is 60.4 Å². The second-order valence-electron chi connectivity index (χ2n) is 4.37. The van der Waals surface area contributed by atoms with Crippen LogP contribution in [0.2, 0.25) is 0 Å². The minimum atomic E-state index is 0.197. The van der Waals surface area contributed by atoms with Crippen LogP contribution in [-0.4, -0.2) is 15.0 Å². The Morgan fingerprint density at radius 3 is 2.58 bits per heavy atom. The van der Waals surface area contributed by atoms with Crippen molar-refractivity contribution in [1.29, 1.82) is 0 Å². The smallest absolute Gasteiger partial charge is 0.180 e. The maximum Gasteiger partial charge on any atom is 0.180 e. The molecule has 1 aromatic carbocycles. The number of rotatable bonds is 3. The molecule has 0 saturated heterocycles. The molecule has 2 heterocycles. The highest BCUT2D eigenvalue weighted by molar-refractivity contribution is 5.71. The molecule has 94 valence electrons. The molecule has 1 atom stereocenters. The Bertz CT molecular complexity index is 682. The van der Waals surface area contributed by atoms with E-state index in [0.717, 1.165) is 11.3 Å². The molecule has 0 aliphatic carbocycles. The Morgan fingerprint density at radius 2 is 1.74 bits per heavy atom. The van der Waals surface area contributed by atoms with Gasteiger partial charge < -0.3 is 5.32 Å². The summed E-state index contributed by atoms with van der Waals surface area (Å²) in [5, 5.41) is 3.37. The molecule has 3 rings (SSSR count). The summed E-state index contributed by atoms with van der Waals surface area (Å²) < 4.78 is 0. The molecule has 0 saturated carbocycles. The molecular formula is C15H14N4. The third-order valence-corrected chi connectivity index (χ3v) is 3.00. The fourth-order valence-corrected chi connectivity index (χ4v) is 1.98. The lowest BCUT2D eigenvalue weighted by Gasteiger charge is -2.14. The molecule has 4 heteroatoms. The summed E-state index contributed by atoms with van der Waals surface area (Å²) in [5.41, 5.74) is 2.69. The zero-order valence-corrected chi connectivity index (χ0v) is 10.6. The van der Waals surface area contributed by atoms with Gasteiger partial charge in [-0.2, -0.15) is 0 Å². The monoisotopic (exact) mass is 250 g/mol. The van der Waals surface area contributed by atoms with Gasteiger partial charge in [-0.1, -0.05) is 30.3 Å². The molecule has 3 aromatic rings. The molecule has 0 aliphatic rings. The summed E-state index contributed by atoms with van der Waals surface area (Å²) in [4.78, 5) is 12.9. The minimum Gasteiger partial charge on any atom is -0.363 e. The van der Waals surface area contributed by atoms with Gasteiger partial charge >= 0.3 is 0 Å². The van der Waals surface area contributed by atoms with E-state index in [-0.39, 0.29) is 6.04 Å². The number of aromatic nitrogens is 3. The van der Waals surface area contributed by atoms with E-state index in [0.29, 0.717) is 5.65 Å². The van der Waals surface area contributed by atoms with Crippen molar-refractivity contribution in [2.24, 2.45) is 0 Å². The number of benzene rings is 1. The van der Waals surface area contributed by atoms with Gasteiger partial charge in [0.2, 0.25) is 0 Å². The van der Waals surface area contributed by atoms with Crippen LogP contribution in [0.1, 0.15) is 18.5 Å². The van der Waals surface area contributed by atoms with Gasteiger partial charge in [-0.25, -0.2) is 9.97 Å². The average Bonchev–Trinajstić information content (AvgIpc) is 2.48. The molecule has 19 heavy (non-hydrogen) atoms. The highest BCUT2D eigenvalue weighted by atomic mass is 15.0. The molecule has 2 aromatic heterocycles. The van der Waals surface area contributed by atoms with Gasteiger partial charge in [0.1, 0.15) is 11.3 Å². The number of hydrogen-bond acceptors (Lipinski definition) is 4. The van der Waals surface area contributed by atoms with Gasteiger partial charge in [0.15, 0.2) is 5.65 Å². The van der Waals surface area contributed by atoms with Crippen LogP contribution < -0.4 is 5.32 Å². The number of pyridine rings is 1. The van der Waals surface area contributed by atoms with Crippen LogP contribution in [0.25, 0.3) is 11.2 Å². The van der Waals surface area contributed by atoms with E-state index in [4.69, 9.17) is 0 Å². The second-order valence-corrected chi connectivity index (χ2v) is 4.37. The maximum absolute atomic E-state index is 4.46. The molecule has 0 fully saturated rings. The summed E-state index contributed by atoms with van der Waals surface area (Å²) in [6.07, 6.45) is 3.32. The summed E-state index contributed by atoms with van der Waals surface area (Å²) in [6.45, 7) is 2.11. The second kappa shape index (κ2) is 5.02. The average molecular weight is 250 g/mol. The zero-order chi connectivity index (χ0) is 13.1. The lowest BCUT2D eigenvalue weighted by atomic mass is 10.1. The van der Waals surface area contributed by atoms with Crippen LogP contribution in [0.3, 0.4) is 0 Å². The van der Waals surface area contributed by atoms with Gasteiger partial charge in [0.25, 0.3) is 0 Å². The first-order valence-corrected chi connectivity index (χ1v) is 6.22. The predicted molar refractivity (Wildman–Crippen MR) is 75.8 cm³/mol. The van der Waals surface area contributed by atoms with Crippen LogP contribution in [-0.2, 0) is 0 Å². The molecular weight excluding hydrogens is 236 g/mol. The predicted octanol–water partition coefficient (Wildman–Crippen LogP) is 3.20. The lowest BCUT2D eigenvalue weighted by molar-refractivity contribution is 0.876. The van der Waals surface area contributed by atoms with Crippen LogP contribution in [0.15, 0.2) is 54.9 Å².